The highest BCUT2D eigenvalue weighted by Crippen LogP contribution is 2.43. The second kappa shape index (κ2) is 15.3. The van der Waals surface area contributed by atoms with Crippen molar-refractivity contribution in [1.82, 2.24) is 9.47 Å². The topological polar surface area (TPSA) is 64.0 Å². The maximum atomic E-state index is 13.4. The molecule has 3 aromatic carbocycles. The third-order valence-electron chi connectivity index (χ3n) is 7.99. The Balaban J connectivity index is 1.72. The minimum Gasteiger partial charge on any atom is -0.497 e. The van der Waals surface area contributed by atoms with E-state index in [0.717, 1.165) is 78.0 Å². The number of anilines is 1. The maximum Gasteiger partial charge on any atom is 0.223 e. The number of methoxy groups -OCH3 is 2. The first-order chi connectivity index (χ1) is 20.9. The summed E-state index contributed by atoms with van der Waals surface area (Å²) in [5.41, 5.74) is 5.03. The number of carbonyl (C=O) groups is 2. The summed E-state index contributed by atoms with van der Waals surface area (Å²) in [6.45, 7) is 5.77. The lowest BCUT2D eigenvalue weighted by molar-refractivity contribution is -0.130. The fourth-order valence-corrected chi connectivity index (χ4v) is 5.55. The summed E-state index contributed by atoms with van der Waals surface area (Å²) < 4.78 is 13.4. The number of hydrogen-bond donors (Lipinski definition) is 0. The lowest BCUT2D eigenvalue weighted by Crippen LogP contribution is -2.30. The van der Waals surface area contributed by atoms with Gasteiger partial charge in [0.15, 0.2) is 0 Å². The number of ether oxygens (including phenoxy) is 2. The normalized spacial score (nSPS) is 11.0. The lowest BCUT2D eigenvalue weighted by atomic mass is 10.1. The smallest absolute Gasteiger partial charge is 0.223 e. The highest BCUT2D eigenvalue weighted by Gasteiger charge is 2.26. The molecule has 0 aliphatic heterocycles. The predicted octanol–water partition coefficient (Wildman–Crippen LogP) is 7.55. The van der Waals surface area contributed by atoms with Gasteiger partial charge >= 0.3 is 0 Å². The Kier molecular flexibility index (Phi) is 11.3. The number of fused-ring (bicyclic) bond motifs is 1. The number of rotatable bonds is 15. The molecule has 228 valence electrons. The number of benzene rings is 3. The molecule has 0 spiro atoms. The molecule has 0 saturated carbocycles. The van der Waals surface area contributed by atoms with E-state index in [-0.39, 0.29) is 11.8 Å². The van der Waals surface area contributed by atoms with Gasteiger partial charge in [0.2, 0.25) is 11.8 Å². The highest BCUT2D eigenvalue weighted by atomic mass is 16.5. The number of amides is 2. The van der Waals surface area contributed by atoms with E-state index >= 15 is 0 Å². The fraction of sp³-hybridized carbons (Fsp3) is 0.389. The van der Waals surface area contributed by atoms with Crippen LogP contribution in [0.2, 0.25) is 0 Å². The SMILES string of the molecule is CCCCN(C)C(=O)CCCCCN(C(C)=O)c1c(-c2ccc(OC)cc2)n(Cc2ccccc2)c2ccc(OC)cc12. The molecule has 7 heteroatoms. The molecular formula is C36H45N3O4. The van der Waals surface area contributed by atoms with E-state index in [1.54, 1.807) is 21.1 Å². The molecule has 0 saturated heterocycles. The fourth-order valence-electron chi connectivity index (χ4n) is 5.55. The molecule has 0 atom stereocenters. The molecule has 0 radical (unpaired) electrons. The molecule has 0 fully saturated rings. The summed E-state index contributed by atoms with van der Waals surface area (Å²) in [4.78, 5) is 29.6. The van der Waals surface area contributed by atoms with E-state index in [0.29, 0.717) is 19.5 Å². The van der Waals surface area contributed by atoms with E-state index in [1.165, 1.54) is 5.56 Å². The van der Waals surface area contributed by atoms with Gasteiger partial charge in [0.25, 0.3) is 0 Å². The van der Waals surface area contributed by atoms with Gasteiger partial charge in [-0.2, -0.15) is 0 Å². The van der Waals surface area contributed by atoms with Crippen LogP contribution in [-0.2, 0) is 16.1 Å². The molecule has 7 nitrogen and oxygen atoms in total. The number of carbonyl (C=O) groups excluding carboxylic acids is 2. The summed E-state index contributed by atoms with van der Waals surface area (Å²) in [6, 6.07) is 24.4. The Bertz CT molecular complexity index is 1490. The van der Waals surface area contributed by atoms with Gasteiger partial charge in [-0.05, 0) is 67.3 Å². The zero-order valence-electron chi connectivity index (χ0n) is 26.3. The predicted molar refractivity (Wildman–Crippen MR) is 175 cm³/mol. The Labute approximate surface area is 256 Å². The summed E-state index contributed by atoms with van der Waals surface area (Å²) >= 11 is 0. The van der Waals surface area contributed by atoms with Crippen LogP contribution < -0.4 is 14.4 Å². The van der Waals surface area contributed by atoms with Gasteiger partial charge in [-0.3, -0.25) is 9.59 Å². The molecule has 0 bridgehead atoms. The van der Waals surface area contributed by atoms with Gasteiger partial charge in [0.1, 0.15) is 11.5 Å². The molecule has 43 heavy (non-hydrogen) atoms. The first-order valence-electron chi connectivity index (χ1n) is 15.3. The van der Waals surface area contributed by atoms with Crippen molar-refractivity contribution in [1.29, 1.82) is 0 Å². The zero-order chi connectivity index (χ0) is 30.8. The van der Waals surface area contributed by atoms with Crippen molar-refractivity contribution < 1.29 is 19.1 Å². The summed E-state index contributed by atoms with van der Waals surface area (Å²) in [5, 5.41) is 0.962. The molecule has 1 aromatic heterocycles. The van der Waals surface area contributed by atoms with Crippen molar-refractivity contribution in [2.45, 2.75) is 58.9 Å². The molecule has 1 heterocycles. The second-order valence-corrected chi connectivity index (χ2v) is 11.0. The maximum absolute atomic E-state index is 13.4. The minimum absolute atomic E-state index is 0.0216. The molecule has 0 aliphatic carbocycles. The second-order valence-electron chi connectivity index (χ2n) is 11.0. The van der Waals surface area contributed by atoms with Gasteiger partial charge in [-0.15, -0.1) is 0 Å². The number of aromatic nitrogens is 1. The van der Waals surface area contributed by atoms with Crippen LogP contribution >= 0.6 is 0 Å². The van der Waals surface area contributed by atoms with Crippen LogP contribution in [0.15, 0.2) is 72.8 Å². The van der Waals surface area contributed by atoms with Crippen molar-refractivity contribution >= 4 is 28.4 Å². The molecule has 0 N–H and O–H groups in total. The molecule has 0 aliphatic rings. The molecule has 2 amide bonds. The van der Waals surface area contributed by atoms with Gasteiger partial charge in [0, 0.05) is 51.0 Å². The van der Waals surface area contributed by atoms with E-state index < -0.39 is 0 Å². The average molecular weight is 584 g/mol. The van der Waals surface area contributed by atoms with Gasteiger partial charge < -0.3 is 23.8 Å². The third kappa shape index (κ3) is 7.78. The number of unbranched alkanes of at least 4 members (excludes halogenated alkanes) is 3. The average Bonchev–Trinajstić information content (AvgIpc) is 3.34. The van der Waals surface area contributed by atoms with Crippen LogP contribution in [0.4, 0.5) is 5.69 Å². The molecule has 4 aromatic rings. The monoisotopic (exact) mass is 583 g/mol. The van der Waals surface area contributed by atoms with Gasteiger partial charge in [-0.25, -0.2) is 0 Å². The van der Waals surface area contributed by atoms with E-state index in [4.69, 9.17) is 9.47 Å². The van der Waals surface area contributed by atoms with E-state index in [2.05, 4.69) is 29.7 Å². The first-order valence-corrected chi connectivity index (χ1v) is 15.3. The quantitative estimate of drug-likeness (QED) is 0.136. The summed E-state index contributed by atoms with van der Waals surface area (Å²) in [7, 11) is 5.21. The standard InChI is InChI=1S/C36H45N3O4/c1-6-7-23-37(3)34(41)16-12-9-13-24-38(27(2)40)36-32-25-31(43-5)21-22-33(32)39(26-28-14-10-8-11-15-28)35(36)29-17-19-30(42-4)20-18-29/h8,10-11,14-15,17-22,25H,6-7,9,12-13,16,23-24,26H2,1-5H3. The zero-order valence-corrected chi connectivity index (χ0v) is 26.3. The minimum atomic E-state index is -0.0216. The summed E-state index contributed by atoms with van der Waals surface area (Å²) in [5.74, 6) is 1.68. The molecular weight excluding hydrogens is 538 g/mol. The van der Waals surface area contributed by atoms with E-state index in [1.807, 2.05) is 71.4 Å². The van der Waals surface area contributed by atoms with Crippen LogP contribution in [-0.4, -0.2) is 55.6 Å². The van der Waals surface area contributed by atoms with Crippen molar-refractivity contribution in [2.75, 3.05) is 39.3 Å². The summed E-state index contributed by atoms with van der Waals surface area (Å²) in [6.07, 6.45) is 5.09. The molecule has 0 unspecified atom stereocenters. The largest absolute Gasteiger partial charge is 0.497 e. The Morgan fingerprint density at radius 1 is 0.814 bits per heavy atom. The number of hydrogen-bond acceptors (Lipinski definition) is 4. The van der Waals surface area contributed by atoms with Gasteiger partial charge in [0.05, 0.1) is 31.1 Å². The van der Waals surface area contributed by atoms with Crippen molar-refractivity contribution in [2.24, 2.45) is 0 Å². The van der Waals surface area contributed by atoms with Crippen LogP contribution in [0.1, 0.15) is 57.9 Å². The van der Waals surface area contributed by atoms with Crippen molar-refractivity contribution in [3.63, 3.8) is 0 Å². The van der Waals surface area contributed by atoms with Crippen LogP contribution in [0.3, 0.4) is 0 Å². The first kappa shape index (κ1) is 31.7. The van der Waals surface area contributed by atoms with Crippen LogP contribution in [0.5, 0.6) is 11.5 Å². The Hall–Kier alpha value is -4.26. The molecule has 4 rings (SSSR count). The van der Waals surface area contributed by atoms with Crippen molar-refractivity contribution in [3.05, 3.63) is 78.4 Å². The third-order valence-corrected chi connectivity index (χ3v) is 7.99. The van der Waals surface area contributed by atoms with Crippen molar-refractivity contribution in [3.8, 4) is 22.8 Å². The van der Waals surface area contributed by atoms with Gasteiger partial charge in [-0.1, -0.05) is 50.1 Å². The van der Waals surface area contributed by atoms with Crippen LogP contribution in [0.25, 0.3) is 22.2 Å². The number of nitrogens with zero attached hydrogens (tertiary/aromatic N) is 3. The highest BCUT2D eigenvalue weighted by molar-refractivity contribution is 6.09. The van der Waals surface area contributed by atoms with Crippen LogP contribution in [0, 0.1) is 0 Å². The van der Waals surface area contributed by atoms with E-state index in [9.17, 15) is 9.59 Å². The Morgan fingerprint density at radius 2 is 1.51 bits per heavy atom. The lowest BCUT2D eigenvalue weighted by Gasteiger charge is -2.24. The Morgan fingerprint density at radius 3 is 2.16 bits per heavy atom.